The summed E-state index contributed by atoms with van der Waals surface area (Å²) in [5.41, 5.74) is 0.406. The van der Waals surface area contributed by atoms with Gasteiger partial charge in [-0.2, -0.15) is 5.26 Å². The van der Waals surface area contributed by atoms with Gasteiger partial charge in [0, 0.05) is 0 Å². The minimum absolute atomic E-state index is 0.175. The number of nitriles is 1. The topological polar surface area (TPSA) is 44.0 Å². The molecule has 0 bridgehead atoms. The first-order valence-corrected chi connectivity index (χ1v) is 5.68. The number of nitrogens with zero attached hydrogens (tertiary/aromatic N) is 1. The maximum absolute atomic E-state index is 9.58. The molecule has 2 unspecified atom stereocenters. The Hall–Kier alpha value is -1.33. The molecule has 0 aliphatic carbocycles. The molecule has 0 saturated carbocycles. The molecule has 2 nitrogen and oxygen atoms in total. The summed E-state index contributed by atoms with van der Waals surface area (Å²) < 4.78 is 0. The molecule has 0 aliphatic heterocycles. The first-order chi connectivity index (χ1) is 7.53. The Kier molecular flexibility index (Phi) is 4.09. The molecule has 0 amide bonds. The standard InChI is InChI=1S/C14H19NO/c1-11(2)14(10-15,9-12(3)16)13-7-5-4-6-8-13/h4-8,11-12,16H,9H2,1-3H3. The van der Waals surface area contributed by atoms with Crippen molar-refractivity contribution >= 4 is 0 Å². The van der Waals surface area contributed by atoms with Crippen LogP contribution in [0.1, 0.15) is 32.8 Å². The fourth-order valence-corrected chi connectivity index (χ4v) is 2.13. The Morgan fingerprint density at radius 1 is 1.25 bits per heavy atom. The van der Waals surface area contributed by atoms with E-state index in [0.717, 1.165) is 5.56 Å². The summed E-state index contributed by atoms with van der Waals surface area (Å²) in [6, 6.07) is 12.1. The summed E-state index contributed by atoms with van der Waals surface area (Å²) in [5.74, 6) is 0.175. The number of hydrogen-bond donors (Lipinski definition) is 1. The Morgan fingerprint density at radius 2 is 1.81 bits per heavy atom. The Bertz CT molecular complexity index is 364. The van der Waals surface area contributed by atoms with Crippen molar-refractivity contribution in [1.82, 2.24) is 0 Å². The van der Waals surface area contributed by atoms with Gasteiger partial charge < -0.3 is 5.11 Å². The van der Waals surface area contributed by atoms with Gasteiger partial charge in [-0.1, -0.05) is 44.2 Å². The van der Waals surface area contributed by atoms with E-state index in [9.17, 15) is 10.4 Å². The van der Waals surface area contributed by atoms with Gasteiger partial charge in [-0.05, 0) is 24.8 Å². The summed E-state index contributed by atoms with van der Waals surface area (Å²) in [6.45, 7) is 5.79. The zero-order chi connectivity index (χ0) is 12.2. The number of rotatable bonds is 4. The third-order valence-corrected chi connectivity index (χ3v) is 3.09. The minimum Gasteiger partial charge on any atom is -0.393 e. The van der Waals surface area contributed by atoms with E-state index in [1.54, 1.807) is 6.92 Å². The summed E-state index contributed by atoms with van der Waals surface area (Å²) in [7, 11) is 0. The molecule has 1 aromatic rings. The first kappa shape index (κ1) is 12.7. The first-order valence-electron chi connectivity index (χ1n) is 5.68. The van der Waals surface area contributed by atoms with Crippen molar-refractivity contribution in [3.05, 3.63) is 35.9 Å². The third kappa shape index (κ3) is 2.43. The maximum atomic E-state index is 9.58. The molecule has 0 fully saturated rings. The van der Waals surface area contributed by atoms with Crippen LogP contribution >= 0.6 is 0 Å². The molecule has 1 rings (SSSR count). The van der Waals surface area contributed by atoms with Crippen molar-refractivity contribution < 1.29 is 5.11 Å². The zero-order valence-corrected chi connectivity index (χ0v) is 10.1. The molecule has 0 saturated heterocycles. The lowest BCUT2D eigenvalue weighted by atomic mass is 9.69. The largest absolute Gasteiger partial charge is 0.393 e. The molecule has 0 aromatic heterocycles. The number of aliphatic hydroxyl groups is 1. The van der Waals surface area contributed by atoms with Crippen LogP contribution in [0.15, 0.2) is 30.3 Å². The van der Waals surface area contributed by atoms with E-state index >= 15 is 0 Å². The smallest absolute Gasteiger partial charge is 0.0869 e. The average Bonchev–Trinajstić information content (AvgIpc) is 2.26. The molecule has 0 spiro atoms. The SMILES string of the molecule is CC(O)CC(C#N)(c1ccccc1)C(C)C. The lowest BCUT2D eigenvalue weighted by Crippen LogP contribution is -2.34. The van der Waals surface area contributed by atoms with Crippen LogP contribution in [0.2, 0.25) is 0 Å². The fourth-order valence-electron chi connectivity index (χ4n) is 2.13. The van der Waals surface area contributed by atoms with Crippen LogP contribution in [-0.4, -0.2) is 11.2 Å². The normalized spacial score (nSPS) is 16.5. The second-order valence-corrected chi connectivity index (χ2v) is 4.66. The monoisotopic (exact) mass is 217 g/mol. The highest BCUT2D eigenvalue weighted by atomic mass is 16.3. The van der Waals surface area contributed by atoms with Crippen molar-refractivity contribution in [2.75, 3.05) is 0 Å². The molecule has 2 atom stereocenters. The van der Waals surface area contributed by atoms with Gasteiger partial charge in [0.25, 0.3) is 0 Å². The minimum atomic E-state index is -0.588. The predicted octanol–water partition coefficient (Wildman–Crippen LogP) is 2.87. The van der Waals surface area contributed by atoms with Crippen LogP contribution in [0.5, 0.6) is 0 Å². The molecule has 1 aromatic carbocycles. The van der Waals surface area contributed by atoms with Crippen LogP contribution < -0.4 is 0 Å². The maximum Gasteiger partial charge on any atom is 0.0869 e. The van der Waals surface area contributed by atoms with Gasteiger partial charge in [0.2, 0.25) is 0 Å². The van der Waals surface area contributed by atoms with Crippen LogP contribution in [0, 0.1) is 17.2 Å². The van der Waals surface area contributed by atoms with E-state index in [0.29, 0.717) is 6.42 Å². The highest BCUT2D eigenvalue weighted by Gasteiger charge is 2.36. The van der Waals surface area contributed by atoms with Gasteiger partial charge >= 0.3 is 0 Å². The van der Waals surface area contributed by atoms with E-state index in [1.807, 2.05) is 44.2 Å². The lowest BCUT2D eigenvalue weighted by molar-refractivity contribution is 0.147. The molecule has 1 N–H and O–H groups in total. The Morgan fingerprint density at radius 3 is 2.19 bits per heavy atom. The number of aliphatic hydroxyl groups excluding tert-OH is 1. The summed E-state index contributed by atoms with van der Waals surface area (Å²) >= 11 is 0. The molecule has 0 heterocycles. The van der Waals surface area contributed by atoms with Crippen LogP contribution in [0.25, 0.3) is 0 Å². The van der Waals surface area contributed by atoms with Gasteiger partial charge in [-0.15, -0.1) is 0 Å². The average molecular weight is 217 g/mol. The molecule has 0 radical (unpaired) electrons. The molecule has 2 heteroatoms. The highest BCUT2D eigenvalue weighted by molar-refractivity contribution is 5.33. The predicted molar refractivity (Wildman–Crippen MR) is 64.9 cm³/mol. The number of hydrogen-bond acceptors (Lipinski definition) is 2. The summed E-state index contributed by atoms with van der Waals surface area (Å²) in [4.78, 5) is 0. The second-order valence-electron chi connectivity index (χ2n) is 4.66. The summed E-state index contributed by atoms with van der Waals surface area (Å²) in [5, 5.41) is 19.1. The summed E-state index contributed by atoms with van der Waals surface area (Å²) in [6.07, 6.45) is 0.00723. The van der Waals surface area contributed by atoms with E-state index in [1.165, 1.54) is 0 Å². The number of benzene rings is 1. The molecular formula is C14H19NO. The van der Waals surface area contributed by atoms with Crippen molar-refractivity contribution in [2.45, 2.75) is 38.7 Å². The van der Waals surface area contributed by atoms with Crippen molar-refractivity contribution in [1.29, 1.82) is 5.26 Å². The highest BCUT2D eigenvalue weighted by Crippen LogP contribution is 2.36. The molecule has 86 valence electrons. The van der Waals surface area contributed by atoms with Crippen LogP contribution in [-0.2, 0) is 5.41 Å². The molecule has 16 heavy (non-hydrogen) atoms. The van der Waals surface area contributed by atoms with Crippen LogP contribution in [0.3, 0.4) is 0 Å². The van der Waals surface area contributed by atoms with Crippen molar-refractivity contribution in [3.8, 4) is 6.07 Å². The van der Waals surface area contributed by atoms with E-state index in [4.69, 9.17) is 0 Å². The van der Waals surface area contributed by atoms with E-state index in [-0.39, 0.29) is 5.92 Å². The third-order valence-electron chi connectivity index (χ3n) is 3.09. The fraction of sp³-hybridized carbons (Fsp3) is 0.500. The Balaban J connectivity index is 3.19. The van der Waals surface area contributed by atoms with E-state index < -0.39 is 11.5 Å². The van der Waals surface area contributed by atoms with Crippen molar-refractivity contribution in [3.63, 3.8) is 0 Å². The van der Waals surface area contributed by atoms with Gasteiger partial charge in [0.15, 0.2) is 0 Å². The second kappa shape index (κ2) is 5.14. The van der Waals surface area contributed by atoms with Crippen LogP contribution in [0.4, 0.5) is 0 Å². The molecular weight excluding hydrogens is 198 g/mol. The zero-order valence-electron chi connectivity index (χ0n) is 10.1. The lowest BCUT2D eigenvalue weighted by Gasteiger charge is -2.32. The van der Waals surface area contributed by atoms with Gasteiger partial charge in [-0.3, -0.25) is 0 Å². The van der Waals surface area contributed by atoms with E-state index in [2.05, 4.69) is 6.07 Å². The van der Waals surface area contributed by atoms with Gasteiger partial charge in [-0.25, -0.2) is 0 Å². The quantitative estimate of drug-likeness (QED) is 0.842. The molecule has 0 aliphatic rings. The van der Waals surface area contributed by atoms with Gasteiger partial charge in [0.1, 0.15) is 0 Å². The van der Waals surface area contributed by atoms with Gasteiger partial charge in [0.05, 0.1) is 17.6 Å². The van der Waals surface area contributed by atoms with Crippen molar-refractivity contribution in [2.24, 2.45) is 5.92 Å². The Labute approximate surface area is 97.5 Å².